The predicted octanol–water partition coefficient (Wildman–Crippen LogP) is 2.37. The first-order valence-electron chi connectivity index (χ1n) is 10.6. The predicted molar refractivity (Wildman–Crippen MR) is 117 cm³/mol. The number of amides is 2. The average molecular weight is 420 g/mol. The number of nitrogens with zero attached hydrogens (tertiary/aromatic N) is 2. The van der Waals surface area contributed by atoms with Crippen LogP contribution in [0, 0.1) is 12.8 Å². The Labute approximate surface area is 178 Å². The third-order valence-corrected chi connectivity index (χ3v) is 7.19. The first-order valence-corrected chi connectivity index (χ1v) is 11.6. The summed E-state index contributed by atoms with van der Waals surface area (Å²) in [5.74, 6) is 0.854. The third kappa shape index (κ3) is 5.53. The van der Waals surface area contributed by atoms with Crippen molar-refractivity contribution in [1.82, 2.24) is 15.1 Å². The van der Waals surface area contributed by atoms with Crippen LogP contribution >= 0.6 is 11.8 Å². The van der Waals surface area contributed by atoms with Crippen LogP contribution in [0.2, 0.25) is 0 Å². The second-order valence-corrected chi connectivity index (χ2v) is 9.26. The fraction of sp³-hybridized carbons (Fsp3) is 0.636. The summed E-state index contributed by atoms with van der Waals surface area (Å²) in [5.41, 5.74) is 1.63. The van der Waals surface area contributed by atoms with Crippen LogP contribution in [0.4, 0.5) is 0 Å². The molecule has 2 fully saturated rings. The first kappa shape index (κ1) is 22.1. The topological polar surface area (TPSA) is 61.9 Å². The molecule has 2 unspecified atom stereocenters. The normalized spacial score (nSPS) is 22.8. The lowest BCUT2D eigenvalue weighted by atomic mass is 10.0. The number of ether oxygens (including phenoxy) is 1. The van der Waals surface area contributed by atoms with Gasteiger partial charge in [-0.1, -0.05) is 32.0 Å². The summed E-state index contributed by atoms with van der Waals surface area (Å²) >= 11 is 1.71. The lowest BCUT2D eigenvalue weighted by Crippen LogP contribution is -2.51. The molecule has 0 saturated carbocycles. The van der Waals surface area contributed by atoms with Gasteiger partial charge in [-0.05, 0) is 37.4 Å². The molecule has 0 spiro atoms. The van der Waals surface area contributed by atoms with Gasteiger partial charge in [-0.3, -0.25) is 14.5 Å². The van der Waals surface area contributed by atoms with Crippen molar-refractivity contribution in [3.05, 3.63) is 35.4 Å². The van der Waals surface area contributed by atoms with Gasteiger partial charge in [0.25, 0.3) is 5.91 Å². The van der Waals surface area contributed by atoms with Crippen molar-refractivity contribution in [2.45, 2.75) is 38.6 Å². The fourth-order valence-corrected chi connectivity index (χ4v) is 5.39. The van der Waals surface area contributed by atoms with Gasteiger partial charge in [-0.2, -0.15) is 0 Å². The van der Waals surface area contributed by atoms with E-state index in [0.717, 1.165) is 44.8 Å². The van der Waals surface area contributed by atoms with Gasteiger partial charge in [0.1, 0.15) is 6.04 Å². The van der Waals surface area contributed by atoms with Crippen molar-refractivity contribution >= 4 is 23.6 Å². The molecule has 2 aliphatic heterocycles. The smallest absolute Gasteiger partial charge is 0.255 e. The number of nitrogens with one attached hydrogen (secondary N) is 1. The minimum absolute atomic E-state index is 0.0196. The van der Waals surface area contributed by atoms with Crippen LogP contribution in [0.25, 0.3) is 0 Å². The number of morpholine rings is 1. The maximum absolute atomic E-state index is 13.3. The molecule has 2 amide bonds. The van der Waals surface area contributed by atoms with Gasteiger partial charge >= 0.3 is 0 Å². The minimum atomic E-state index is -0.414. The van der Waals surface area contributed by atoms with E-state index in [2.05, 4.69) is 24.1 Å². The van der Waals surface area contributed by atoms with E-state index in [1.54, 1.807) is 11.8 Å². The summed E-state index contributed by atoms with van der Waals surface area (Å²) in [6, 6.07) is 7.21. The highest BCUT2D eigenvalue weighted by Gasteiger charge is 2.43. The molecule has 29 heavy (non-hydrogen) atoms. The van der Waals surface area contributed by atoms with Crippen LogP contribution in [-0.2, 0) is 9.53 Å². The molecule has 0 aromatic heterocycles. The third-order valence-electron chi connectivity index (χ3n) is 5.57. The van der Waals surface area contributed by atoms with Gasteiger partial charge in [0.15, 0.2) is 0 Å². The minimum Gasteiger partial charge on any atom is -0.379 e. The van der Waals surface area contributed by atoms with Gasteiger partial charge < -0.3 is 15.0 Å². The number of thioether (sulfide) groups is 1. The van der Waals surface area contributed by atoms with E-state index in [9.17, 15) is 9.59 Å². The average Bonchev–Trinajstić information content (AvgIpc) is 3.17. The number of carbonyl (C=O) groups excluding carboxylic acids is 2. The summed E-state index contributed by atoms with van der Waals surface area (Å²) < 4.78 is 5.37. The lowest BCUT2D eigenvalue weighted by molar-refractivity contribution is -0.125. The van der Waals surface area contributed by atoms with Gasteiger partial charge in [0.05, 0.1) is 18.6 Å². The van der Waals surface area contributed by atoms with Gasteiger partial charge in [0.2, 0.25) is 5.91 Å². The van der Waals surface area contributed by atoms with Crippen LogP contribution in [-0.4, -0.2) is 78.2 Å². The Hall–Kier alpha value is -1.57. The molecule has 2 atom stereocenters. The second kappa shape index (κ2) is 10.5. The van der Waals surface area contributed by atoms with Crippen molar-refractivity contribution in [1.29, 1.82) is 0 Å². The largest absolute Gasteiger partial charge is 0.379 e. The molecule has 7 heteroatoms. The molecule has 0 aliphatic carbocycles. The molecule has 160 valence electrons. The SMILES string of the molecule is Cc1ccccc1C(=O)N1C(C(=O)NCCCN2CCOCC2)CSC1C(C)C. The number of aryl methyl sites for hydroxylation is 1. The van der Waals surface area contributed by atoms with Crippen LogP contribution in [0.15, 0.2) is 24.3 Å². The maximum atomic E-state index is 13.3. The number of hydrogen-bond acceptors (Lipinski definition) is 5. The first-order chi connectivity index (χ1) is 14.0. The Morgan fingerprint density at radius 2 is 1.97 bits per heavy atom. The quantitative estimate of drug-likeness (QED) is 0.688. The van der Waals surface area contributed by atoms with E-state index in [1.807, 2.05) is 36.1 Å². The van der Waals surface area contributed by atoms with Gasteiger partial charge in [0, 0.05) is 31.0 Å². The number of rotatable bonds is 7. The molecule has 3 rings (SSSR count). The summed E-state index contributed by atoms with van der Waals surface area (Å²) in [7, 11) is 0. The number of hydrogen-bond donors (Lipinski definition) is 1. The van der Waals surface area contributed by atoms with E-state index in [4.69, 9.17) is 4.74 Å². The Morgan fingerprint density at radius 3 is 2.66 bits per heavy atom. The number of benzene rings is 1. The molecule has 6 nitrogen and oxygen atoms in total. The highest BCUT2D eigenvalue weighted by Crippen LogP contribution is 2.35. The van der Waals surface area contributed by atoms with Crippen LogP contribution in [0.5, 0.6) is 0 Å². The second-order valence-electron chi connectivity index (χ2n) is 8.11. The van der Waals surface area contributed by atoms with Crippen LogP contribution in [0.3, 0.4) is 0 Å². The van der Waals surface area contributed by atoms with E-state index in [-0.39, 0.29) is 23.1 Å². The molecular formula is C22H33N3O3S. The standard InChI is InChI=1S/C22H33N3O3S/c1-16(2)22-25(21(27)18-8-5-4-7-17(18)3)19(15-29-22)20(26)23-9-6-10-24-11-13-28-14-12-24/h4-5,7-8,16,19,22H,6,9-15H2,1-3H3,(H,23,26). The molecule has 2 heterocycles. The van der Waals surface area contributed by atoms with E-state index >= 15 is 0 Å². The number of carbonyl (C=O) groups is 2. The molecule has 1 aromatic carbocycles. The van der Waals surface area contributed by atoms with E-state index < -0.39 is 6.04 Å². The van der Waals surface area contributed by atoms with Crippen molar-refractivity contribution < 1.29 is 14.3 Å². The Morgan fingerprint density at radius 1 is 1.24 bits per heavy atom. The van der Waals surface area contributed by atoms with Crippen LogP contribution < -0.4 is 5.32 Å². The summed E-state index contributed by atoms with van der Waals surface area (Å²) in [4.78, 5) is 30.5. The highest BCUT2D eigenvalue weighted by molar-refractivity contribution is 8.00. The molecular weight excluding hydrogens is 386 g/mol. The van der Waals surface area contributed by atoms with Crippen molar-refractivity contribution in [3.8, 4) is 0 Å². The molecule has 0 bridgehead atoms. The van der Waals surface area contributed by atoms with Crippen LogP contribution in [0.1, 0.15) is 36.2 Å². The Balaban J connectivity index is 1.60. The summed E-state index contributed by atoms with van der Waals surface area (Å²) in [5, 5.41) is 3.09. The zero-order valence-corrected chi connectivity index (χ0v) is 18.5. The summed E-state index contributed by atoms with van der Waals surface area (Å²) in [6.45, 7) is 11.3. The van der Waals surface area contributed by atoms with Gasteiger partial charge in [-0.15, -0.1) is 11.8 Å². The Kier molecular flexibility index (Phi) is 7.98. The zero-order chi connectivity index (χ0) is 20.8. The zero-order valence-electron chi connectivity index (χ0n) is 17.7. The van der Waals surface area contributed by atoms with Crippen molar-refractivity contribution in [2.75, 3.05) is 45.1 Å². The Bertz CT molecular complexity index is 706. The highest BCUT2D eigenvalue weighted by atomic mass is 32.2. The molecule has 0 radical (unpaired) electrons. The molecule has 1 aromatic rings. The molecule has 2 saturated heterocycles. The maximum Gasteiger partial charge on any atom is 0.255 e. The van der Waals surface area contributed by atoms with Crippen molar-refractivity contribution in [2.24, 2.45) is 5.92 Å². The monoisotopic (exact) mass is 419 g/mol. The van der Waals surface area contributed by atoms with Gasteiger partial charge in [-0.25, -0.2) is 0 Å². The van der Waals surface area contributed by atoms with Crippen molar-refractivity contribution in [3.63, 3.8) is 0 Å². The fourth-order valence-electron chi connectivity index (χ4n) is 3.91. The van der Waals surface area contributed by atoms with E-state index in [1.165, 1.54) is 0 Å². The summed E-state index contributed by atoms with van der Waals surface area (Å²) in [6.07, 6.45) is 0.908. The molecule has 1 N–H and O–H groups in total. The molecule has 2 aliphatic rings. The van der Waals surface area contributed by atoms with E-state index in [0.29, 0.717) is 17.9 Å². The lowest BCUT2D eigenvalue weighted by Gasteiger charge is -2.31.